The van der Waals surface area contributed by atoms with Gasteiger partial charge < -0.3 is 5.32 Å². The third kappa shape index (κ3) is 3.46. The number of anilines is 1. The van der Waals surface area contributed by atoms with Gasteiger partial charge in [-0.3, -0.25) is 4.68 Å². The van der Waals surface area contributed by atoms with Crippen molar-refractivity contribution in [1.82, 2.24) is 14.8 Å². The highest BCUT2D eigenvalue weighted by Crippen LogP contribution is 2.10. The fraction of sp³-hybridized carbons (Fsp3) is 0.333. The van der Waals surface area contributed by atoms with Crippen LogP contribution < -0.4 is 5.32 Å². The largest absolute Gasteiger partial charge is 0.366 e. The van der Waals surface area contributed by atoms with Crippen molar-refractivity contribution in [3.8, 4) is 0 Å². The Labute approximate surface area is 106 Å². The van der Waals surface area contributed by atoms with E-state index in [4.69, 9.17) is 11.6 Å². The van der Waals surface area contributed by atoms with Gasteiger partial charge in [0.2, 0.25) is 0 Å². The Kier molecular flexibility index (Phi) is 3.98. The average Bonchev–Trinajstić information content (AvgIpc) is 2.77. The molecule has 17 heavy (non-hydrogen) atoms. The molecule has 0 atom stereocenters. The highest BCUT2D eigenvalue weighted by molar-refractivity contribution is 6.30. The topological polar surface area (TPSA) is 42.7 Å². The standard InChI is InChI=1S/C12H15ClN4/c1-2-5-17-9-10(7-16-17)6-14-12-4-3-11(13)8-15-12/h3-4,7-9H,2,5-6H2,1H3,(H,14,15). The molecule has 0 aliphatic heterocycles. The molecule has 2 aromatic rings. The monoisotopic (exact) mass is 250 g/mol. The molecule has 2 rings (SSSR count). The predicted molar refractivity (Wildman–Crippen MR) is 69.1 cm³/mol. The van der Waals surface area contributed by atoms with Crippen LogP contribution in [-0.4, -0.2) is 14.8 Å². The first-order chi connectivity index (χ1) is 8.28. The molecule has 0 saturated carbocycles. The zero-order valence-corrected chi connectivity index (χ0v) is 10.5. The van der Waals surface area contributed by atoms with Gasteiger partial charge in [0, 0.05) is 31.0 Å². The highest BCUT2D eigenvalue weighted by Gasteiger charge is 1.99. The summed E-state index contributed by atoms with van der Waals surface area (Å²) in [6.45, 7) is 3.81. The lowest BCUT2D eigenvalue weighted by molar-refractivity contribution is 0.602. The highest BCUT2D eigenvalue weighted by atomic mass is 35.5. The molecule has 4 nitrogen and oxygen atoms in total. The van der Waals surface area contributed by atoms with Crippen LogP contribution in [0.25, 0.3) is 0 Å². The molecule has 0 saturated heterocycles. The van der Waals surface area contributed by atoms with E-state index in [1.54, 1.807) is 6.20 Å². The molecule has 2 aromatic heterocycles. The summed E-state index contributed by atoms with van der Waals surface area (Å²) in [5.74, 6) is 0.817. The van der Waals surface area contributed by atoms with Crippen molar-refractivity contribution in [3.05, 3.63) is 41.3 Å². The Bertz CT molecular complexity index is 464. The van der Waals surface area contributed by atoms with Crippen LogP contribution in [0.5, 0.6) is 0 Å². The third-order valence-corrected chi connectivity index (χ3v) is 2.56. The van der Waals surface area contributed by atoms with E-state index in [2.05, 4.69) is 22.3 Å². The molecule has 0 fully saturated rings. The normalized spacial score (nSPS) is 10.5. The van der Waals surface area contributed by atoms with Gasteiger partial charge in [0.05, 0.1) is 11.2 Å². The van der Waals surface area contributed by atoms with Gasteiger partial charge in [0.1, 0.15) is 5.82 Å². The number of pyridine rings is 1. The van der Waals surface area contributed by atoms with Gasteiger partial charge in [0.15, 0.2) is 0 Å². The Balaban J connectivity index is 1.90. The van der Waals surface area contributed by atoms with Crippen LogP contribution in [-0.2, 0) is 13.1 Å². The Hall–Kier alpha value is -1.55. The van der Waals surface area contributed by atoms with Crippen molar-refractivity contribution in [1.29, 1.82) is 0 Å². The summed E-state index contributed by atoms with van der Waals surface area (Å²) < 4.78 is 1.95. The van der Waals surface area contributed by atoms with Crippen LogP contribution in [0.4, 0.5) is 5.82 Å². The van der Waals surface area contributed by atoms with E-state index in [1.807, 2.05) is 29.2 Å². The third-order valence-electron chi connectivity index (χ3n) is 2.34. The minimum atomic E-state index is 0.645. The molecular weight excluding hydrogens is 236 g/mol. The molecule has 0 aliphatic carbocycles. The first-order valence-electron chi connectivity index (χ1n) is 5.64. The first kappa shape index (κ1) is 11.9. The summed E-state index contributed by atoms with van der Waals surface area (Å²) in [6, 6.07) is 3.68. The van der Waals surface area contributed by atoms with E-state index >= 15 is 0 Å². The van der Waals surface area contributed by atoms with Gasteiger partial charge in [-0.25, -0.2) is 4.98 Å². The number of aryl methyl sites for hydroxylation is 1. The minimum Gasteiger partial charge on any atom is -0.366 e. The van der Waals surface area contributed by atoms with E-state index in [-0.39, 0.29) is 0 Å². The smallest absolute Gasteiger partial charge is 0.126 e. The fourth-order valence-corrected chi connectivity index (χ4v) is 1.63. The summed E-state index contributed by atoms with van der Waals surface area (Å²) in [6.07, 6.45) is 6.64. The number of hydrogen-bond acceptors (Lipinski definition) is 3. The summed E-state index contributed by atoms with van der Waals surface area (Å²) in [5.41, 5.74) is 1.15. The minimum absolute atomic E-state index is 0.645. The number of rotatable bonds is 5. The van der Waals surface area contributed by atoms with Gasteiger partial charge >= 0.3 is 0 Å². The van der Waals surface area contributed by atoms with E-state index in [9.17, 15) is 0 Å². The first-order valence-corrected chi connectivity index (χ1v) is 6.02. The zero-order valence-electron chi connectivity index (χ0n) is 9.73. The molecule has 0 aromatic carbocycles. The van der Waals surface area contributed by atoms with Crippen LogP contribution in [0, 0.1) is 0 Å². The van der Waals surface area contributed by atoms with E-state index < -0.39 is 0 Å². The molecule has 0 amide bonds. The maximum atomic E-state index is 5.76. The maximum Gasteiger partial charge on any atom is 0.126 e. The molecule has 1 N–H and O–H groups in total. The second kappa shape index (κ2) is 5.68. The lowest BCUT2D eigenvalue weighted by Gasteiger charge is -2.03. The van der Waals surface area contributed by atoms with Crippen molar-refractivity contribution >= 4 is 17.4 Å². The van der Waals surface area contributed by atoms with Crippen LogP contribution in [0.2, 0.25) is 5.02 Å². The van der Waals surface area contributed by atoms with Crippen LogP contribution in [0.3, 0.4) is 0 Å². The van der Waals surface area contributed by atoms with Gasteiger partial charge in [-0.15, -0.1) is 0 Å². The number of halogens is 1. The molecule has 0 aliphatic rings. The quantitative estimate of drug-likeness (QED) is 0.887. The molecule has 2 heterocycles. The second-order valence-electron chi connectivity index (χ2n) is 3.83. The van der Waals surface area contributed by atoms with Crippen molar-refractivity contribution in [3.63, 3.8) is 0 Å². The van der Waals surface area contributed by atoms with E-state index in [1.165, 1.54) is 0 Å². The zero-order chi connectivity index (χ0) is 12.1. The summed E-state index contributed by atoms with van der Waals surface area (Å²) in [4.78, 5) is 4.17. The Morgan fingerprint density at radius 3 is 2.94 bits per heavy atom. The van der Waals surface area contributed by atoms with Crippen LogP contribution in [0.1, 0.15) is 18.9 Å². The van der Waals surface area contributed by atoms with Crippen molar-refractivity contribution < 1.29 is 0 Å². The maximum absolute atomic E-state index is 5.76. The van der Waals surface area contributed by atoms with Crippen LogP contribution in [0.15, 0.2) is 30.7 Å². The van der Waals surface area contributed by atoms with E-state index in [0.29, 0.717) is 5.02 Å². The number of hydrogen-bond donors (Lipinski definition) is 1. The van der Waals surface area contributed by atoms with Crippen molar-refractivity contribution in [2.75, 3.05) is 5.32 Å². The molecule has 0 spiro atoms. The number of nitrogens with zero attached hydrogens (tertiary/aromatic N) is 3. The number of nitrogens with one attached hydrogen (secondary N) is 1. The molecule has 5 heteroatoms. The molecular formula is C12H15ClN4. The SMILES string of the molecule is CCCn1cc(CNc2ccc(Cl)cn2)cn1. The van der Waals surface area contributed by atoms with Gasteiger partial charge in [0.25, 0.3) is 0 Å². The Morgan fingerprint density at radius 1 is 1.35 bits per heavy atom. The average molecular weight is 251 g/mol. The lowest BCUT2D eigenvalue weighted by Crippen LogP contribution is -2.00. The second-order valence-corrected chi connectivity index (χ2v) is 4.26. The van der Waals surface area contributed by atoms with Gasteiger partial charge in [-0.1, -0.05) is 18.5 Å². The molecule has 0 bridgehead atoms. The molecule has 0 radical (unpaired) electrons. The lowest BCUT2D eigenvalue weighted by atomic mass is 10.3. The summed E-state index contributed by atoms with van der Waals surface area (Å²) >= 11 is 5.76. The van der Waals surface area contributed by atoms with Gasteiger partial charge in [-0.05, 0) is 18.6 Å². The summed E-state index contributed by atoms with van der Waals surface area (Å²) in [7, 11) is 0. The summed E-state index contributed by atoms with van der Waals surface area (Å²) in [5, 5.41) is 8.13. The molecule has 0 unspecified atom stereocenters. The van der Waals surface area contributed by atoms with E-state index in [0.717, 1.165) is 30.9 Å². The van der Waals surface area contributed by atoms with Crippen molar-refractivity contribution in [2.45, 2.75) is 26.4 Å². The Morgan fingerprint density at radius 2 is 2.24 bits per heavy atom. The van der Waals surface area contributed by atoms with Gasteiger partial charge in [-0.2, -0.15) is 5.10 Å². The van der Waals surface area contributed by atoms with Crippen molar-refractivity contribution in [2.24, 2.45) is 0 Å². The van der Waals surface area contributed by atoms with Crippen LogP contribution >= 0.6 is 11.6 Å². The molecule has 90 valence electrons. The fourth-order valence-electron chi connectivity index (χ4n) is 1.52. The predicted octanol–water partition coefficient (Wildman–Crippen LogP) is 2.95. The number of aromatic nitrogens is 3.